The summed E-state index contributed by atoms with van der Waals surface area (Å²) in [6, 6.07) is 4.69. The molecule has 9 nitrogen and oxygen atoms in total. The Balaban J connectivity index is 1.34. The van der Waals surface area contributed by atoms with Crippen molar-refractivity contribution < 1.29 is 35.9 Å². The molecule has 3 amide bonds. The number of nitrogens with zero attached hydrogens (tertiary/aromatic N) is 3. The highest BCUT2D eigenvalue weighted by Gasteiger charge is 2.67. The third-order valence-corrected chi connectivity index (χ3v) is 8.14. The number of anilines is 2. The van der Waals surface area contributed by atoms with E-state index in [1.807, 2.05) is 6.07 Å². The molecule has 2 saturated heterocycles. The molecule has 2 atom stereocenters. The zero-order valence-corrected chi connectivity index (χ0v) is 19.1. The molecule has 1 aromatic carbocycles. The number of hydrogen-bond donors (Lipinski definition) is 1. The van der Waals surface area contributed by atoms with Crippen LogP contribution in [0.1, 0.15) is 12.0 Å². The maximum atomic E-state index is 13.2. The molecule has 0 radical (unpaired) electrons. The van der Waals surface area contributed by atoms with Crippen molar-refractivity contribution in [2.24, 2.45) is 5.92 Å². The third-order valence-electron chi connectivity index (χ3n) is 6.64. The molecule has 1 aromatic heterocycles. The van der Waals surface area contributed by atoms with Gasteiger partial charge in [0.15, 0.2) is 0 Å². The summed E-state index contributed by atoms with van der Waals surface area (Å²) < 4.78 is 67.0. The van der Waals surface area contributed by atoms with Crippen molar-refractivity contribution in [2.45, 2.75) is 28.8 Å². The maximum Gasteiger partial charge on any atom is 0.501 e. The highest BCUT2D eigenvalue weighted by Crippen LogP contribution is 2.51. The number of ether oxygens (including phenoxy) is 1. The number of sulfone groups is 1. The number of urea groups is 1. The van der Waals surface area contributed by atoms with Crippen LogP contribution in [0, 0.1) is 5.92 Å². The first-order valence-electron chi connectivity index (χ1n) is 10.9. The van der Waals surface area contributed by atoms with E-state index in [0.717, 1.165) is 53.5 Å². The molecule has 186 valence electrons. The zero-order valence-electron chi connectivity index (χ0n) is 18.3. The topological polar surface area (TPSA) is 109 Å². The molecule has 1 spiro atoms. The number of carbonyl (C=O) groups excluding carboxylic acids is 2. The summed E-state index contributed by atoms with van der Waals surface area (Å²) in [7, 11) is -5.53. The summed E-state index contributed by atoms with van der Waals surface area (Å²) in [5, 5.41) is 2.73. The summed E-state index contributed by atoms with van der Waals surface area (Å²) >= 11 is 0. The number of amides is 3. The van der Waals surface area contributed by atoms with Gasteiger partial charge in [0.1, 0.15) is 5.54 Å². The van der Waals surface area contributed by atoms with E-state index in [-0.39, 0.29) is 11.6 Å². The van der Waals surface area contributed by atoms with Gasteiger partial charge in [-0.2, -0.15) is 13.2 Å². The Morgan fingerprint density at radius 1 is 1.11 bits per heavy atom. The lowest BCUT2D eigenvalue weighted by molar-refractivity contribution is -0.119. The minimum absolute atomic E-state index is 0.00549. The molecule has 1 N–H and O–H groups in total. The van der Waals surface area contributed by atoms with Crippen molar-refractivity contribution in [1.82, 2.24) is 10.3 Å². The average Bonchev–Trinajstić information content (AvgIpc) is 3.45. The minimum atomic E-state index is -5.53. The van der Waals surface area contributed by atoms with E-state index in [0.29, 0.717) is 26.1 Å². The fraction of sp³-hybridized carbons (Fsp3) is 0.409. The lowest BCUT2D eigenvalue weighted by Crippen LogP contribution is -2.37. The lowest BCUT2D eigenvalue weighted by atomic mass is 10.0. The summed E-state index contributed by atoms with van der Waals surface area (Å²) in [5.41, 5.74) is -4.61. The second-order valence-corrected chi connectivity index (χ2v) is 10.6. The van der Waals surface area contributed by atoms with Crippen molar-refractivity contribution in [3.8, 4) is 0 Å². The van der Waals surface area contributed by atoms with Crippen molar-refractivity contribution in [3.63, 3.8) is 0 Å². The monoisotopic (exact) mass is 510 g/mol. The van der Waals surface area contributed by atoms with Crippen LogP contribution in [-0.4, -0.2) is 62.7 Å². The van der Waals surface area contributed by atoms with E-state index in [9.17, 15) is 31.2 Å². The van der Waals surface area contributed by atoms with Crippen LogP contribution in [0.25, 0.3) is 0 Å². The molecule has 1 saturated carbocycles. The van der Waals surface area contributed by atoms with Crippen molar-refractivity contribution in [2.75, 3.05) is 36.1 Å². The van der Waals surface area contributed by atoms with Gasteiger partial charge in [-0.25, -0.2) is 18.1 Å². The third kappa shape index (κ3) is 3.92. The lowest BCUT2D eigenvalue weighted by Gasteiger charge is -2.30. The second kappa shape index (κ2) is 8.19. The molecule has 0 bridgehead atoms. The van der Waals surface area contributed by atoms with E-state index in [1.165, 1.54) is 0 Å². The van der Waals surface area contributed by atoms with Crippen LogP contribution in [0.3, 0.4) is 0 Å². The van der Waals surface area contributed by atoms with Gasteiger partial charge in [-0.15, -0.1) is 0 Å². The van der Waals surface area contributed by atoms with Crippen LogP contribution < -0.4 is 15.1 Å². The summed E-state index contributed by atoms with van der Waals surface area (Å²) in [4.78, 5) is 32.2. The number of nitrogens with one attached hydrogen (secondary N) is 1. The highest BCUT2D eigenvalue weighted by molar-refractivity contribution is 7.92. The minimum Gasteiger partial charge on any atom is -0.378 e. The predicted octanol–water partition coefficient (Wildman–Crippen LogP) is 2.27. The number of morpholine rings is 1. The number of pyridine rings is 1. The standard InChI is InChI=1S/C22H21F3N4O5S/c23-22(24,25)35(32,33)17-3-1-16(2-4-17)29-19(30)21(27-20(29)31)12-15(21)11-14-5-6-26-13-18(14)28-7-9-34-10-8-28/h1-6,13,15H,7-12H2,(H,27,31). The molecule has 35 heavy (non-hydrogen) atoms. The van der Waals surface area contributed by atoms with E-state index >= 15 is 0 Å². The number of carbonyl (C=O) groups is 2. The molecular formula is C22H21F3N4O5S. The maximum absolute atomic E-state index is 13.2. The number of benzene rings is 1. The van der Waals surface area contributed by atoms with Gasteiger partial charge in [0.05, 0.1) is 35.7 Å². The van der Waals surface area contributed by atoms with Gasteiger partial charge in [-0.3, -0.25) is 9.78 Å². The molecule has 2 aromatic rings. The van der Waals surface area contributed by atoms with Crippen LogP contribution in [-0.2, 0) is 25.8 Å². The second-order valence-electron chi connectivity index (χ2n) is 8.69. The van der Waals surface area contributed by atoms with Crippen LogP contribution >= 0.6 is 0 Å². The number of imide groups is 1. The summed E-state index contributed by atoms with van der Waals surface area (Å²) in [5.74, 6) is -0.683. The number of hydrogen-bond acceptors (Lipinski definition) is 7. The first-order valence-corrected chi connectivity index (χ1v) is 12.4. The Morgan fingerprint density at radius 3 is 2.46 bits per heavy atom. The van der Waals surface area contributed by atoms with Crippen molar-refractivity contribution >= 4 is 33.2 Å². The molecule has 2 aliphatic heterocycles. The molecular weight excluding hydrogens is 489 g/mol. The predicted molar refractivity (Wildman–Crippen MR) is 118 cm³/mol. The Labute approximate surface area is 198 Å². The van der Waals surface area contributed by atoms with Crippen LogP contribution in [0.5, 0.6) is 0 Å². The largest absolute Gasteiger partial charge is 0.501 e. The van der Waals surface area contributed by atoms with E-state index in [1.54, 1.807) is 12.4 Å². The van der Waals surface area contributed by atoms with Gasteiger partial charge in [-0.1, -0.05) is 0 Å². The quantitative estimate of drug-likeness (QED) is 0.615. The molecule has 5 rings (SSSR count). The molecule has 13 heteroatoms. The van der Waals surface area contributed by atoms with Crippen molar-refractivity contribution in [1.29, 1.82) is 0 Å². The molecule has 1 aliphatic carbocycles. The first kappa shape index (κ1) is 23.5. The van der Waals surface area contributed by atoms with Gasteiger partial charge in [0.25, 0.3) is 15.7 Å². The molecule has 2 unspecified atom stereocenters. The van der Waals surface area contributed by atoms with Crippen LogP contribution in [0.4, 0.5) is 29.3 Å². The molecule has 3 fully saturated rings. The van der Waals surface area contributed by atoms with E-state index in [2.05, 4.69) is 15.2 Å². The van der Waals surface area contributed by atoms with Gasteiger partial charge < -0.3 is 15.0 Å². The van der Waals surface area contributed by atoms with Crippen LogP contribution in [0.15, 0.2) is 47.6 Å². The van der Waals surface area contributed by atoms with E-state index < -0.39 is 37.7 Å². The number of alkyl halides is 3. The normalized spacial score (nSPS) is 24.7. The summed E-state index contributed by atoms with van der Waals surface area (Å²) in [6.45, 7) is 2.65. The Bertz CT molecular complexity index is 1280. The Kier molecular flexibility index (Phi) is 5.51. The average molecular weight is 510 g/mol. The van der Waals surface area contributed by atoms with Gasteiger partial charge in [0.2, 0.25) is 0 Å². The fourth-order valence-corrected chi connectivity index (χ4v) is 5.43. The smallest absolute Gasteiger partial charge is 0.378 e. The van der Waals surface area contributed by atoms with Crippen LogP contribution in [0.2, 0.25) is 0 Å². The first-order chi connectivity index (χ1) is 16.5. The zero-order chi connectivity index (χ0) is 25.0. The highest BCUT2D eigenvalue weighted by atomic mass is 32.2. The number of halogens is 3. The Hall–Kier alpha value is -3.19. The SMILES string of the molecule is O=C1NC2(CC2Cc2ccncc2N2CCOCC2)C(=O)N1c1ccc(S(=O)(=O)C(F)(F)F)cc1. The number of rotatable bonds is 5. The number of aromatic nitrogens is 1. The Morgan fingerprint density at radius 2 is 1.80 bits per heavy atom. The van der Waals surface area contributed by atoms with E-state index in [4.69, 9.17) is 4.74 Å². The van der Waals surface area contributed by atoms with Crippen molar-refractivity contribution in [3.05, 3.63) is 48.3 Å². The molecule has 3 aliphatic rings. The van der Waals surface area contributed by atoms with Gasteiger partial charge in [-0.05, 0) is 54.7 Å². The fourth-order valence-electron chi connectivity index (χ4n) is 4.67. The molecule has 3 heterocycles. The van der Waals surface area contributed by atoms with Gasteiger partial charge in [0, 0.05) is 19.3 Å². The van der Waals surface area contributed by atoms with Gasteiger partial charge >= 0.3 is 11.5 Å². The summed E-state index contributed by atoms with van der Waals surface area (Å²) in [6.07, 6.45) is 4.39.